The van der Waals surface area contributed by atoms with Crippen molar-refractivity contribution >= 4 is 21.6 Å². The maximum atomic E-state index is 2.27. The fourth-order valence-electron chi connectivity index (χ4n) is 1.05. The lowest BCUT2D eigenvalue weighted by Gasteiger charge is -2.03. The van der Waals surface area contributed by atoms with Crippen LogP contribution >= 0.6 is 21.6 Å². The molecule has 1 aromatic carbocycles. The minimum absolute atomic E-state index is 0.809. The van der Waals surface area contributed by atoms with E-state index in [1.54, 1.807) is 0 Å². The first-order valence-corrected chi connectivity index (χ1v) is 7.56. The van der Waals surface area contributed by atoms with Crippen molar-refractivity contribution in [3.05, 3.63) is 35.9 Å². The first kappa shape index (κ1) is 12.0. The number of benzene rings is 1. The van der Waals surface area contributed by atoms with Gasteiger partial charge in [-0.15, -0.1) is 0 Å². The molecule has 0 saturated heterocycles. The molecule has 1 rings (SSSR count). The summed E-state index contributed by atoms with van der Waals surface area (Å²) in [6.07, 6.45) is 1.19. The fourth-order valence-corrected chi connectivity index (χ4v) is 3.56. The molecule has 0 N–H and O–H groups in total. The molecule has 0 spiro atoms. The summed E-state index contributed by atoms with van der Waals surface area (Å²) in [4.78, 5) is 0. The molecule has 0 amide bonds. The van der Waals surface area contributed by atoms with Crippen LogP contribution in [0.5, 0.6) is 0 Å². The van der Waals surface area contributed by atoms with Gasteiger partial charge in [-0.05, 0) is 17.9 Å². The Morgan fingerprint density at radius 1 is 1.07 bits per heavy atom. The zero-order chi connectivity index (χ0) is 10.2. The second-order valence-corrected chi connectivity index (χ2v) is 6.36. The Hall–Kier alpha value is -0.0800. The van der Waals surface area contributed by atoms with Gasteiger partial charge in [0.15, 0.2) is 0 Å². The van der Waals surface area contributed by atoms with Gasteiger partial charge >= 0.3 is 0 Å². The van der Waals surface area contributed by atoms with E-state index in [0.717, 1.165) is 5.92 Å². The molecule has 0 unspecified atom stereocenters. The molecule has 1 aromatic rings. The highest BCUT2D eigenvalue weighted by molar-refractivity contribution is 8.76. The summed E-state index contributed by atoms with van der Waals surface area (Å²) in [5.74, 6) is 3.30. The van der Waals surface area contributed by atoms with Gasteiger partial charge in [-0.1, -0.05) is 65.8 Å². The van der Waals surface area contributed by atoms with Crippen LogP contribution in [0, 0.1) is 5.92 Å². The van der Waals surface area contributed by atoms with Crippen LogP contribution in [0.4, 0.5) is 0 Å². The molecule has 78 valence electrons. The van der Waals surface area contributed by atoms with Crippen molar-refractivity contribution in [2.75, 3.05) is 11.5 Å². The quantitative estimate of drug-likeness (QED) is 0.525. The minimum Gasteiger partial charge on any atom is -0.0939 e. The van der Waals surface area contributed by atoms with Crippen molar-refractivity contribution in [1.82, 2.24) is 0 Å². The monoisotopic (exact) mass is 226 g/mol. The van der Waals surface area contributed by atoms with E-state index in [-0.39, 0.29) is 0 Å². The van der Waals surface area contributed by atoms with E-state index in [1.807, 2.05) is 21.6 Å². The highest BCUT2D eigenvalue weighted by Crippen LogP contribution is 2.24. The van der Waals surface area contributed by atoms with E-state index in [2.05, 4.69) is 44.2 Å². The molecule has 0 aromatic heterocycles. The van der Waals surface area contributed by atoms with Crippen LogP contribution in [-0.4, -0.2) is 11.5 Å². The van der Waals surface area contributed by atoms with E-state index in [0.29, 0.717) is 0 Å². The zero-order valence-corrected chi connectivity index (χ0v) is 10.5. The van der Waals surface area contributed by atoms with Crippen LogP contribution < -0.4 is 0 Å². The number of aryl methyl sites for hydroxylation is 1. The normalized spacial score (nSPS) is 10.8. The molecule has 0 saturated carbocycles. The Morgan fingerprint density at radius 2 is 1.79 bits per heavy atom. The third-order valence-corrected chi connectivity index (χ3v) is 4.55. The first-order valence-electron chi connectivity index (χ1n) is 5.07. The Kier molecular flexibility index (Phi) is 6.20. The van der Waals surface area contributed by atoms with Crippen molar-refractivity contribution < 1.29 is 0 Å². The summed E-state index contributed by atoms with van der Waals surface area (Å²) in [7, 11) is 3.99. The van der Waals surface area contributed by atoms with Crippen LogP contribution in [0.3, 0.4) is 0 Å². The molecule has 0 aliphatic carbocycles. The highest BCUT2D eigenvalue weighted by atomic mass is 33.1. The second-order valence-electron chi connectivity index (χ2n) is 3.74. The maximum Gasteiger partial charge on any atom is 0.00774 e. The van der Waals surface area contributed by atoms with Crippen molar-refractivity contribution in [2.45, 2.75) is 20.3 Å². The average molecular weight is 226 g/mol. The van der Waals surface area contributed by atoms with Gasteiger partial charge in [0.25, 0.3) is 0 Å². The van der Waals surface area contributed by atoms with Crippen LogP contribution in [0.25, 0.3) is 0 Å². The highest BCUT2D eigenvalue weighted by Gasteiger charge is 1.96. The summed E-state index contributed by atoms with van der Waals surface area (Å²) in [5, 5.41) is 0. The van der Waals surface area contributed by atoms with Crippen LogP contribution in [0.1, 0.15) is 19.4 Å². The predicted octanol–water partition coefficient (Wildman–Crippen LogP) is 4.27. The van der Waals surface area contributed by atoms with Crippen LogP contribution in [0.2, 0.25) is 0 Å². The van der Waals surface area contributed by atoms with Gasteiger partial charge in [0.1, 0.15) is 0 Å². The Balaban J connectivity index is 2.05. The van der Waals surface area contributed by atoms with E-state index in [9.17, 15) is 0 Å². The molecular weight excluding hydrogens is 208 g/mol. The number of hydrogen-bond donors (Lipinski definition) is 0. The molecule has 0 heterocycles. The van der Waals surface area contributed by atoms with Crippen molar-refractivity contribution in [3.8, 4) is 0 Å². The fraction of sp³-hybridized carbons (Fsp3) is 0.500. The lowest BCUT2D eigenvalue weighted by Crippen LogP contribution is -1.90. The van der Waals surface area contributed by atoms with E-state index in [1.165, 1.54) is 23.5 Å². The molecule has 0 bridgehead atoms. The average Bonchev–Trinajstić information content (AvgIpc) is 2.18. The molecule has 2 heteroatoms. The van der Waals surface area contributed by atoms with Gasteiger partial charge in [-0.25, -0.2) is 0 Å². The van der Waals surface area contributed by atoms with Gasteiger partial charge in [0, 0.05) is 11.5 Å². The third-order valence-electron chi connectivity index (χ3n) is 1.80. The largest absolute Gasteiger partial charge is 0.0939 e. The Labute approximate surface area is 95.3 Å². The summed E-state index contributed by atoms with van der Waals surface area (Å²) in [5.41, 5.74) is 1.45. The van der Waals surface area contributed by atoms with Crippen LogP contribution in [-0.2, 0) is 6.42 Å². The number of rotatable bonds is 6. The van der Waals surface area contributed by atoms with Gasteiger partial charge in [-0.3, -0.25) is 0 Å². The zero-order valence-electron chi connectivity index (χ0n) is 8.90. The minimum atomic E-state index is 0.809. The van der Waals surface area contributed by atoms with E-state index >= 15 is 0 Å². The first-order chi connectivity index (χ1) is 6.79. The van der Waals surface area contributed by atoms with E-state index < -0.39 is 0 Å². The van der Waals surface area contributed by atoms with Crippen LogP contribution in [0.15, 0.2) is 30.3 Å². The maximum absolute atomic E-state index is 2.27. The summed E-state index contributed by atoms with van der Waals surface area (Å²) < 4.78 is 0. The van der Waals surface area contributed by atoms with Gasteiger partial charge < -0.3 is 0 Å². The van der Waals surface area contributed by atoms with Crippen molar-refractivity contribution in [2.24, 2.45) is 5.92 Å². The lowest BCUT2D eigenvalue weighted by atomic mass is 10.2. The van der Waals surface area contributed by atoms with Crippen molar-refractivity contribution in [1.29, 1.82) is 0 Å². The predicted molar refractivity (Wildman–Crippen MR) is 69.9 cm³/mol. The second kappa shape index (κ2) is 7.24. The smallest absolute Gasteiger partial charge is 0.00774 e. The Morgan fingerprint density at radius 3 is 2.43 bits per heavy atom. The third kappa shape index (κ3) is 5.61. The molecule has 0 aliphatic heterocycles. The van der Waals surface area contributed by atoms with Crippen molar-refractivity contribution in [3.63, 3.8) is 0 Å². The lowest BCUT2D eigenvalue weighted by molar-refractivity contribution is 0.752. The van der Waals surface area contributed by atoms with E-state index in [4.69, 9.17) is 0 Å². The SMILES string of the molecule is CC(C)CSSCCc1ccccc1. The molecule has 0 nitrogen and oxygen atoms in total. The topological polar surface area (TPSA) is 0 Å². The molecule has 0 radical (unpaired) electrons. The molecular formula is C12H18S2. The standard InChI is InChI=1S/C12H18S2/c1-11(2)10-14-13-9-8-12-6-4-3-5-7-12/h3-7,11H,8-10H2,1-2H3. The molecule has 0 atom stereocenters. The summed E-state index contributed by atoms with van der Waals surface area (Å²) in [6.45, 7) is 4.54. The summed E-state index contributed by atoms with van der Waals surface area (Å²) >= 11 is 0. The molecule has 14 heavy (non-hydrogen) atoms. The molecule has 0 aliphatic rings. The van der Waals surface area contributed by atoms with Gasteiger partial charge in [0.2, 0.25) is 0 Å². The molecule has 0 fully saturated rings. The Bertz CT molecular complexity index is 231. The summed E-state index contributed by atoms with van der Waals surface area (Å²) in [6, 6.07) is 10.7. The number of hydrogen-bond acceptors (Lipinski definition) is 2. The van der Waals surface area contributed by atoms with Gasteiger partial charge in [-0.2, -0.15) is 0 Å². The van der Waals surface area contributed by atoms with Gasteiger partial charge in [0.05, 0.1) is 0 Å².